The summed E-state index contributed by atoms with van der Waals surface area (Å²) in [5.41, 5.74) is 0. The first-order valence-corrected chi connectivity index (χ1v) is 2.57. The van der Waals surface area contributed by atoms with Crippen LogP contribution in [0.25, 0.3) is 0 Å². The van der Waals surface area contributed by atoms with Gasteiger partial charge in [0.2, 0.25) is 12.2 Å². The van der Waals surface area contributed by atoms with Gasteiger partial charge in [0.05, 0.1) is 13.2 Å². The van der Waals surface area contributed by atoms with E-state index in [1.807, 2.05) is 0 Å². The number of hydrogen-bond donors (Lipinski definition) is 2. The summed E-state index contributed by atoms with van der Waals surface area (Å²) in [6.45, 7) is 1.89. The lowest BCUT2D eigenvalue weighted by atomic mass is 10.7. The zero-order valence-corrected chi connectivity index (χ0v) is 5.23. The lowest BCUT2D eigenvalue weighted by Crippen LogP contribution is -2.32. The average molecular weight is 129 g/mol. The van der Waals surface area contributed by atoms with Crippen LogP contribution in [0.5, 0.6) is 0 Å². The molecule has 1 radical (unpaired) electrons. The summed E-state index contributed by atoms with van der Waals surface area (Å²) in [7, 11) is 0. The lowest BCUT2D eigenvalue weighted by Gasteiger charge is -1.98. The van der Waals surface area contributed by atoms with Crippen molar-refractivity contribution in [1.29, 1.82) is 0 Å². The van der Waals surface area contributed by atoms with E-state index in [4.69, 9.17) is 0 Å². The highest BCUT2D eigenvalue weighted by atomic mass is 16.1. The molecule has 4 heteroatoms. The van der Waals surface area contributed by atoms with E-state index < -0.39 is 0 Å². The molecule has 0 aliphatic rings. The van der Waals surface area contributed by atoms with Crippen molar-refractivity contribution in [3.05, 3.63) is 0 Å². The van der Waals surface area contributed by atoms with Crippen molar-refractivity contribution in [2.75, 3.05) is 13.2 Å². The molecule has 51 valence electrons. The highest BCUT2D eigenvalue weighted by Gasteiger charge is 1.86. The van der Waals surface area contributed by atoms with Gasteiger partial charge in [0.25, 0.3) is 0 Å². The third-order valence-corrected chi connectivity index (χ3v) is 0.660. The molecular formula is C5H9N2O2. The molecule has 0 aromatic carbocycles. The van der Waals surface area contributed by atoms with Gasteiger partial charge in [-0.2, -0.15) is 0 Å². The summed E-state index contributed by atoms with van der Waals surface area (Å²) in [4.78, 5) is 19.7. The smallest absolute Gasteiger partial charge is 0.217 e. The molecule has 4 nitrogen and oxygen atoms in total. The van der Waals surface area contributed by atoms with Gasteiger partial charge in [-0.25, -0.2) is 0 Å². The van der Waals surface area contributed by atoms with Gasteiger partial charge in [-0.15, -0.1) is 0 Å². The van der Waals surface area contributed by atoms with E-state index in [9.17, 15) is 9.59 Å². The van der Waals surface area contributed by atoms with Crippen molar-refractivity contribution < 1.29 is 9.59 Å². The fourth-order valence-electron chi connectivity index (χ4n) is 0.301. The summed E-state index contributed by atoms with van der Waals surface area (Å²) >= 11 is 0. The quantitative estimate of drug-likeness (QED) is 0.369. The summed E-state index contributed by atoms with van der Waals surface area (Å²) in [6.07, 6.45) is 1.63. The maximum atomic E-state index is 10.2. The van der Waals surface area contributed by atoms with Gasteiger partial charge >= 0.3 is 0 Å². The molecule has 0 fully saturated rings. The van der Waals surface area contributed by atoms with E-state index >= 15 is 0 Å². The van der Waals surface area contributed by atoms with E-state index in [-0.39, 0.29) is 12.5 Å². The molecule has 0 unspecified atom stereocenters. The van der Waals surface area contributed by atoms with Gasteiger partial charge in [0.15, 0.2) is 0 Å². The van der Waals surface area contributed by atoms with Crippen molar-refractivity contribution in [2.24, 2.45) is 0 Å². The van der Waals surface area contributed by atoms with Crippen LogP contribution in [-0.4, -0.2) is 25.4 Å². The maximum absolute atomic E-state index is 10.2. The molecule has 2 N–H and O–H groups in total. The van der Waals surface area contributed by atoms with Gasteiger partial charge in [-0.3, -0.25) is 14.9 Å². The zero-order valence-electron chi connectivity index (χ0n) is 5.23. The molecule has 1 amide bonds. The maximum Gasteiger partial charge on any atom is 0.217 e. The molecule has 0 saturated carbocycles. The third-order valence-electron chi connectivity index (χ3n) is 0.660. The molecular weight excluding hydrogens is 120 g/mol. The highest BCUT2D eigenvalue weighted by Crippen LogP contribution is 1.54. The Morgan fingerprint density at radius 2 is 2.33 bits per heavy atom. The predicted molar refractivity (Wildman–Crippen MR) is 32.4 cm³/mol. The molecule has 0 aromatic rings. The van der Waals surface area contributed by atoms with Crippen LogP contribution in [0.4, 0.5) is 0 Å². The van der Waals surface area contributed by atoms with Crippen LogP contribution in [0.2, 0.25) is 0 Å². The number of amides is 1. The second kappa shape index (κ2) is 5.24. The van der Waals surface area contributed by atoms with Gasteiger partial charge in [0, 0.05) is 6.92 Å². The van der Waals surface area contributed by atoms with Crippen molar-refractivity contribution >= 4 is 12.2 Å². The SMILES string of the molecule is CC(=O)NCNC[C]=O. The molecule has 0 aromatic heterocycles. The van der Waals surface area contributed by atoms with Crippen molar-refractivity contribution in [3.8, 4) is 0 Å². The monoisotopic (exact) mass is 129 g/mol. The molecule has 0 aliphatic carbocycles. The number of rotatable bonds is 4. The van der Waals surface area contributed by atoms with Crippen molar-refractivity contribution in [2.45, 2.75) is 6.92 Å². The van der Waals surface area contributed by atoms with E-state index in [0.29, 0.717) is 6.67 Å². The van der Waals surface area contributed by atoms with Crippen molar-refractivity contribution in [1.82, 2.24) is 10.6 Å². The molecule has 0 rings (SSSR count). The van der Waals surface area contributed by atoms with E-state index in [1.165, 1.54) is 6.92 Å². The summed E-state index contributed by atoms with van der Waals surface area (Å²) in [5.74, 6) is -0.117. The minimum atomic E-state index is -0.117. The van der Waals surface area contributed by atoms with Gasteiger partial charge in [0.1, 0.15) is 0 Å². The van der Waals surface area contributed by atoms with Gasteiger partial charge in [-0.1, -0.05) is 0 Å². The van der Waals surface area contributed by atoms with Gasteiger partial charge < -0.3 is 5.32 Å². The zero-order chi connectivity index (χ0) is 7.11. The molecule has 0 saturated heterocycles. The Labute approximate surface area is 53.6 Å². The minimum absolute atomic E-state index is 0.117. The molecule has 0 aliphatic heterocycles. The first kappa shape index (κ1) is 8.10. The summed E-state index contributed by atoms with van der Waals surface area (Å²) in [6, 6.07) is 0. The predicted octanol–water partition coefficient (Wildman–Crippen LogP) is -1.22. The molecule has 0 bridgehead atoms. The van der Waals surface area contributed by atoms with E-state index in [1.54, 1.807) is 6.29 Å². The fraction of sp³-hybridized carbons (Fsp3) is 0.600. The van der Waals surface area contributed by atoms with Crippen LogP contribution >= 0.6 is 0 Å². The summed E-state index contributed by atoms with van der Waals surface area (Å²) < 4.78 is 0. The number of carbonyl (C=O) groups excluding carboxylic acids is 2. The standard InChI is InChI=1S/C5H9N2O2/c1-5(9)7-4-6-2-3-8/h6H,2,4H2,1H3,(H,7,9). The van der Waals surface area contributed by atoms with Crippen LogP contribution in [0.15, 0.2) is 0 Å². The fourth-order valence-corrected chi connectivity index (χ4v) is 0.301. The van der Waals surface area contributed by atoms with Crippen LogP contribution in [0, 0.1) is 0 Å². The largest absolute Gasteiger partial charge is 0.344 e. The van der Waals surface area contributed by atoms with Crippen LogP contribution in [0.1, 0.15) is 6.92 Å². The summed E-state index contributed by atoms with van der Waals surface area (Å²) in [5, 5.41) is 5.06. The van der Waals surface area contributed by atoms with Crippen molar-refractivity contribution in [3.63, 3.8) is 0 Å². The Hall–Kier alpha value is -0.900. The second-order valence-electron chi connectivity index (χ2n) is 1.48. The van der Waals surface area contributed by atoms with Gasteiger partial charge in [-0.05, 0) is 0 Å². The second-order valence-corrected chi connectivity index (χ2v) is 1.48. The van der Waals surface area contributed by atoms with E-state index in [0.717, 1.165) is 0 Å². The Morgan fingerprint density at radius 1 is 1.67 bits per heavy atom. The molecule has 0 spiro atoms. The average Bonchev–Trinajstić information content (AvgIpc) is 1.80. The molecule has 9 heavy (non-hydrogen) atoms. The van der Waals surface area contributed by atoms with Crippen LogP contribution < -0.4 is 10.6 Å². The number of hydrogen-bond acceptors (Lipinski definition) is 3. The Kier molecular flexibility index (Phi) is 4.72. The third kappa shape index (κ3) is 7.10. The molecule has 0 atom stereocenters. The Balaban J connectivity index is 2.91. The van der Waals surface area contributed by atoms with Crippen LogP contribution in [0.3, 0.4) is 0 Å². The normalized spacial score (nSPS) is 8.56. The molecule has 0 heterocycles. The number of carbonyl (C=O) groups is 1. The first-order chi connectivity index (χ1) is 4.27. The Bertz CT molecular complexity index is 103. The highest BCUT2D eigenvalue weighted by molar-refractivity contribution is 5.72. The topological polar surface area (TPSA) is 58.2 Å². The van der Waals surface area contributed by atoms with Crippen LogP contribution in [-0.2, 0) is 9.59 Å². The number of nitrogens with one attached hydrogen (secondary N) is 2. The van der Waals surface area contributed by atoms with E-state index in [2.05, 4.69) is 10.6 Å². The Morgan fingerprint density at radius 3 is 2.78 bits per heavy atom. The minimum Gasteiger partial charge on any atom is -0.344 e. The lowest BCUT2D eigenvalue weighted by molar-refractivity contribution is -0.119. The first-order valence-electron chi connectivity index (χ1n) is 2.57.